The van der Waals surface area contributed by atoms with Crippen molar-refractivity contribution in [1.29, 1.82) is 0 Å². The zero-order chi connectivity index (χ0) is 14.2. The van der Waals surface area contributed by atoms with E-state index in [0.717, 1.165) is 0 Å². The summed E-state index contributed by atoms with van der Waals surface area (Å²) in [6.07, 6.45) is -6.09. The number of rotatable bonds is 4. The molecule has 0 aromatic heterocycles. The van der Waals surface area contributed by atoms with Crippen LogP contribution >= 0.6 is 0 Å². The molecular formula is C9H12F3NO5. The van der Waals surface area contributed by atoms with E-state index in [4.69, 9.17) is 15.3 Å². The van der Waals surface area contributed by atoms with E-state index in [-0.39, 0.29) is 0 Å². The van der Waals surface area contributed by atoms with E-state index in [9.17, 15) is 22.8 Å². The van der Waals surface area contributed by atoms with Gasteiger partial charge in [0.25, 0.3) is 0 Å². The molecule has 0 atom stereocenters. The zero-order valence-corrected chi connectivity index (χ0v) is 9.12. The molecule has 18 heavy (non-hydrogen) atoms. The predicted octanol–water partition coefficient (Wildman–Crippen LogP) is -0.747. The van der Waals surface area contributed by atoms with Crippen molar-refractivity contribution in [1.82, 2.24) is 5.32 Å². The van der Waals surface area contributed by atoms with Crippen molar-refractivity contribution in [2.45, 2.75) is 24.6 Å². The lowest BCUT2D eigenvalue weighted by atomic mass is 9.57. The number of amides is 1. The van der Waals surface area contributed by atoms with Crippen LogP contribution in [-0.4, -0.2) is 52.1 Å². The summed E-state index contributed by atoms with van der Waals surface area (Å²) < 4.78 is 36.2. The molecule has 0 bridgehead atoms. The van der Waals surface area contributed by atoms with Crippen molar-refractivity contribution in [2.75, 3.05) is 13.2 Å². The van der Waals surface area contributed by atoms with Crippen LogP contribution < -0.4 is 5.32 Å². The average Bonchev–Trinajstić information content (AvgIpc) is 2.20. The summed E-state index contributed by atoms with van der Waals surface area (Å²) in [6, 6.07) is 0. The molecule has 0 aromatic rings. The molecule has 0 unspecified atom stereocenters. The summed E-state index contributed by atoms with van der Waals surface area (Å²) in [4.78, 5) is 21.7. The minimum Gasteiger partial charge on any atom is -0.480 e. The summed E-state index contributed by atoms with van der Waals surface area (Å²) in [6.45, 7) is -1.14. The van der Waals surface area contributed by atoms with Crippen molar-refractivity contribution < 1.29 is 38.1 Å². The summed E-state index contributed by atoms with van der Waals surface area (Å²) in [5.74, 6) is -3.98. The third-order valence-electron chi connectivity index (χ3n) is 3.04. The molecule has 1 saturated carbocycles. The van der Waals surface area contributed by atoms with E-state index in [1.807, 2.05) is 0 Å². The SMILES string of the molecule is O=C(NC1(C(=O)O)CC(CO)(CO)C1)C(F)(F)F. The molecule has 0 aliphatic heterocycles. The van der Waals surface area contributed by atoms with Crippen molar-refractivity contribution in [3.63, 3.8) is 0 Å². The van der Waals surface area contributed by atoms with E-state index in [1.165, 1.54) is 5.32 Å². The number of halogens is 3. The number of aliphatic hydroxyl groups excluding tert-OH is 2. The molecular weight excluding hydrogens is 259 g/mol. The normalized spacial score (nSPS) is 20.9. The average molecular weight is 271 g/mol. The molecule has 0 spiro atoms. The number of alkyl halides is 3. The highest BCUT2D eigenvalue weighted by atomic mass is 19.4. The number of carbonyl (C=O) groups is 2. The van der Waals surface area contributed by atoms with Crippen LogP contribution in [0.3, 0.4) is 0 Å². The molecule has 1 aliphatic rings. The molecule has 0 heterocycles. The fraction of sp³-hybridized carbons (Fsp3) is 0.778. The number of aliphatic carboxylic acids is 1. The lowest BCUT2D eigenvalue weighted by molar-refractivity contribution is -0.186. The zero-order valence-electron chi connectivity index (χ0n) is 9.12. The highest BCUT2D eigenvalue weighted by Crippen LogP contribution is 2.48. The van der Waals surface area contributed by atoms with E-state index in [2.05, 4.69) is 0 Å². The number of carboxylic acid groups (broad SMARTS) is 1. The number of hydrogen-bond donors (Lipinski definition) is 4. The van der Waals surface area contributed by atoms with Gasteiger partial charge >= 0.3 is 18.1 Å². The van der Waals surface area contributed by atoms with Gasteiger partial charge in [0.1, 0.15) is 5.54 Å². The summed E-state index contributed by atoms with van der Waals surface area (Å²) in [5.41, 5.74) is -3.25. The number of carbonyl (C=O) groups excluding carboxylic acids is 1. The monoisotopic (exact) mass is 271 g/mol. The molecule has 1 aliphatic carbocycles. The quantitative estimate of drug-likeness (QED) is 0.538. The molecule has 0 radical (unpaired) electrons. The van der Waals surface area contributed by atoms with Gasteiger partial charge in [0.15, 0.2) is 0 Å². The molecule has 6 nitrogen and oxygen atoms in total. The Morgan fingerprint density at radius 2 is 1.61 bits per heavy atom. The minimum absolute atomic E-state index is 0.454. The fourth-order valence-electron chi connectivity index (χ4n) is 2.08. The number of aliphatic hydroxyl groups is 2. The second-order valence-electron chi connectivity index (χ2n) is 4.51. The van der Waals surface area contributed by atoms with Gasteiger partial charge in [-0.25, -0.2) is 4.79 Å². The van der Waals surface area contributed by atoms with Crippen LogP contribution in [0.25, 0.3) is 0 Å². The maximum absolute atomic E-state index is 12.1. The van der Waals surface area contributed by atoms with Gasteiger partial charge in [0.2, 0.25) is 0 Å². The first kappa shape index (κ1) is 14.7. The highest BCUT2D eigenvalue weighted by molar-refractivity contribution is 5.90. The summed E-state index contributed by atoms with van der Waals surface area (Å²) in [7, 11) is 0. The van der Waals surface area contributed by atoms with Crippen molar-refractivity contribution in [3.05, 3.63) is 0 Å². The number of hydrogen-bond acceptors (Lipinski definition) is 4. The van der Waals surface area contributed by atoms with Gasteiger partial charge in [-0.15, -0.1) is 0 Å². The topological polar surface area (TPSA) is 107 Å². The Morgan fingerprint density at radius 3 is 1.89 bits per heavy atom. The van der Waals surface area contributed by atoms with Crippen LogP contribution in [0.5, 0.6) is 0 Å². The second-order valence-corrected chi connectivity index (χ2v) is 4.51. The smallest absolute Gasteiger partial charge is 0.471 e. The molecule has 4 N–H and O–H groups in total. The Morgan fingerprint density at radius 1 is 1.17 bits per heavy atom. The molecule has 1 fully saturated rings. The van der Waals surface area contributed by atoms with Crippen LogP contribution in [0, 0.1) is 5.41 Å². The Kier molecular flexibility index (Phi) is 3.59. The van der Waals surface area contributed by atoms with Gasteiger partial charge < -0.3 is 20.6 Å². The highest BCUT2D eigenvalue weighted by Gasteiger charge is 2.61. The first-order valence-electron chi connectivity index (χ1n) is 4.95. The summed E-state index contributed by atoms with van der Waals surface area (Å²) in [5, 5.41) is 28.2. The third-order valence-corrected chi connectivity index (χ3v) is 3.04. The first-order valence-corrected chi connectivity index (χ1v) is 4.95. The fourth-order valence-corrected chi connectivity index (χ4v) is 2.08. The van der Waals surface area contributed by atoms with Gasteiger partial charge in [0, 0.05) is 5.41 Å². The predicted molar refractivity (Wildman–Crippen MR) is 50.4 cm³/mol. The lowest BCUT2D eigenvalue weighted by Gasteiger charge is -2.52. The maximum atomic E-state index is 12.1. The maximum Gasteiger partial charge on any atom is 0.471 e. The third kappa shape index (κ3) is 2.41. The lowest BCUT2D eigenvalue weighted by Crippen LogP contribution is -2.69. The molecule has 1 amide bonds. The molecule has 0 saturated heterocycles. The van der Waals surface area contributed by atoms with Crippen molar-refractivity contribution >= 4 is 11.9 Å². The second kappa shape index (κ2) is 4.39. The van der Waals surface area contributed by atoms with Gasteiger partial charge in [-0.2, -0.15) is 13.2 Å². The van der Waals surface area contributed by atoms with E-state index < -0.39 is 55.1 Å². The van der Waals surface area contributed by atoms with Gasteiger partial charge in [-0.3, -0.25) is 4.79 Å². The van der Waals surface area contributed by atoms with Crippen molar-refractivity contribution in [2.24, 2.45) is 5.41 Å². The van der Waals surface area contributed by atoms with Gasteiger partial charge in [0.05, 0.1) is 13.2 Å². The van der Waals surface area contributed by atoms with Crippen LogP contribution in [0.1, 0.15) is 12.8 Å². The number of nitrogens with one attached hydrogen (secondary N) is 1. The molecule has 1 rings (SSSR count). The minimum atomic E-state index is -5.18. The van der Waals surface area contributed by atoms with Crippen LogP contribution in [-0.2, 0) is 9.59 Å². The van der Waals surface area contributed by atoms with Gasteiger partial charge in [-0.05, 0) is 12.8 Å². The molecule has 104 valence electrons. The van der Waals surface area contributed by atoms with Crippen LogP contribution in [0.2, 0.25) is 0 Å². The Balaban J connectivity index is 2.83. The standard InChI is InChI=1S/C9H12F3NO5/c10-9(11,12)5(16)13-8(6(17)18)1-7(2-8,3-14)4-15/h14-15H,1-4H2,(H,13,16)(H,17,18). The Bertz CT molecular complexity index is 356. The summed E-state index contributed by atoms with van der Waals surface area (Å²) >= 11 is 0. The Labute approximate surface area is 99.4 Å². The first-order chi connectivity index (χ1) is 8.11. The van der Waals surface area contributed by atoms with E-state index in [0.29, 0.717) is 0 Å². The van der Waals surface area contributed by atoms with Crippen molar-refractivity contribution in [3.8, 4) is 0 Å². The van der Waals surface area contributed by atoms with Gasteiger partial charge in [-0.1, -0.05) is 0 Å². The van der Waals surface area contributed by atoms with Crippen LogP contribution in [0.4, 0.5) is 13.2 Å². The van der Waals surface area contributed by atoms with Crippen LogP contribution in [0.15, 0.2) is 0 Å². The molecule has 9 heteroatoms. The van der Waals surface area contributed by atoms with E-state index in [1.54, 1.807) is 0 Å². The molecule has 0 aromatic carbocycles. The number of carboxylic acids is 1. The largest absolute Gasteiger partial charge is 0.480 e. The van der Waals surface area contributed by atoms with E-state index >= 15 is 0 Å². The Hall–Kier alpha value is -1.35.